The van der Waals surface area contributed by atoms with Crippen molar-refractivity contribution in [3.8, 4) is 0 Å². The molecule has 0 saturated carbocycles. The number of ether oxygens (including phenoxy) is 1. The number of nitrogens with zero attached hydrogens (tertiary/aromatic N) is 1. The molecule has 3 rings (SSSR count). The van der Waals surface area contributed by atoms with Crippen molar-refractivity contribution in [2.24, 2.45) is 0 Å². The number of rotatable bonds is 3. The van der Waals surface area contributed by atoms with Crippen LogP contribution in [0, 0.1) is 13.8 Å². The average Bonchev–Trinajstić information content (AvgIpc) is 2.61. The molecule has 0 aromatic heterocycles. The molecule has 0 spiro atoms. The van der Waals surface area contributed by atoms with Crippen molar-refractivity contribution in [1.29, 1.82) is 0 Å². The van der Waals surface area contributed by atoms with E-state index in [4.69, 9.17) is 17.0 Å². The molecule has 0 amide bonds. The zero-order chi connectivity index (χ0) is 18.8. The number of benzene rings is 2. The van der Waals surface area contributed by atoms with Crippen LogP contribution < -0.4 is 10.2 Å². The number of hydrogen-bond donors (Lipinski definition) is 1. The highest BCUT2D eigenvalue weighted by atomic mass is 32.1. The van der Waals surface area contributed by atoms with Gasteiger partial charge in [0.05, 0.1) is 18.7 Å². The van der Waals surface area contributed by atoms with Gasteiger partial charge in [0.25, 0.3) is 0 Å². The van der Waals surface area contributed by atoms with Gasteiger partial charge in [-0.2, -0.15) is 0 Å². The van der Waals surface area contributed by atoms with Crippen LogP contribution in [0.2, 0.25) is 0 Å². The van der Waals surface area contributed by atoms with Gasteiger partial charge in [-0.15, -0.1) is 0 Å². The molecular formula is C21H22N2O2S. The first-order valence-electron chi connectivity index (χ1n) is 8.45. The minimum absolute atomic E-state index is 0.337. The second-order valence-corrected chi connectivity index (χ2v) is 6.85. The van der Waals surface area contributed by atoms with Crippen molar-refractivity contribution in [2.45, 2.75) is 26.8 Å². The summed E-state index contributed by atoms with van der Waals surface area (Å²) in [6.07, 6.45) is 0. The minimum atomic E-state index is -0.360. The van der Waals surface area contributed by atoms with Gasteiger partial charge in [0.15, 0.2) is 5.11 Å². The van der Waals surface area contributed by atoms with Crippen molar-refractivity contribution >= 4 is 29.0 Å². The summed E-state index contributed by atoms with van der Waals surface area (Å²) in [5.74, 6) is -0.360. The van der Waals surface area contributed by atoms with Gasteiger partial charge >= 0.3 is 5.97 Å². The van der Waals surface area contributed by atoms with E-state index in [2.05, 4.69) is 11.4 Å². The van der Waals surface area contributed by atoms with Crippen LogP contribution in [0.1, 0.15) is 29.7 Å². The van der Waals surface area contributed by atoms with E-state index in [1.165, 1.54) is 7.11 Å². The summed E-state index contributed by atoms with van der Waals surface area (Å²) in [5.41, 5.74) is 5.49. The summed E-state index contributed by atoms with van der Waals surface area (Å²) in [7, 11) is 1.40. The zero-order valence-electron chi connectivity index (χ0n) is 15.4. The Labute approximate surface area is 159 Å². The summed E-state index contributed by atoms with van der Waals surface area (Å²) in [6, 6.07) is 15.7. The SMILES string of the molecule is COC(=O)C1=C(C)N(c2cccc(C)c2)C(=S)N[C@H]1c1cccc(C)c1. The Hall–Kier alpha value is -2.66. The number of anilines is 1. The third-order valence-corrected chi connectivity index (χ3v) is 4.83. The Balaban J connectivity index is 2.15. The Bertz CT molecular complexity index is 904. The van der Waals surface area contributed by atoms with E-state index in [1.807, 2.05) is 68.1 Å². The Morgan fingerprint density at radius 2 is 1.73 bits per heavy atom. The molecule has 1 aliphatic rings. The average molecular weight is 366 g/mol. The first-order chi connectivity index (χ1) is 12.4. The van der Waals surface area contributed by atoms with Gasteiger partial charge in [0, 0.05) is 11.4 Å². The number of methoxy groups -OCH3 is 1. The number of nitrogens with one attached hydrogen (secondary N) is 1. The molecule has 0 radical (unpaired) electrons. The summed E-state index contributed by atoms with van der Waals surface area (Å²) in [6.45, 7) is 5.96. The molecule has 2 aromatic carbocycles. The molecule has 1 atom stereocenters. The maximum atomic E-state index is 12.6. The van der Waals surface area contributed by atoms with Crippen molar-refractivity contribution in [3.63, 3.8) is 0 Å². The molecule has 1 aliphatic heterocycles. The number of carbonyl (C=O) groups is 1. The first kappa shape index (κ1) is 18.1. The lowest BCUT2D eigenvalue weighted by Crippen LogP contribution is -2.48. The summed E-state index contributed by atoms with van der Waals surface area (Å²) < 4.78 is 5.08. The number of aryl methyl sites for hydroxylation is 2. The van der Waals surface area contributed by atoms with Crippen molar-refractivity contribution in [1.82, 2.24) is 5.32 Å². The van der Waals surface area contributed by atoms with Crippen LogP contribution in [-0.4, -0.2) is 18.2 Å². The molecule has 4 nitrogen and oxygen atoms in total. The van der Waals surface area contributed by atoms with Gasteiger partial charge in [-0.25, -0.2) is 4.79 Å². The Morgan fingerprint density at radius 1 is 1.08 bits per heavy atom. The van der Waals surface area contributed by atoms with Crippen LogP contribution in [0.25, 0.3) is 0 Å². The minimum Gasteiger partial charge on any atom is -0.466 e. The largest absolute Gasteiger partial charge is 0.466 e. The molecule has 26 heavy (non-hydrogen) atoms. The number of allylic oxidation sites excluding steroid dienone is 1. The second kappa shape index (κ2) is 7.30. The molecule has 0 fully saturated rings. The number of carbonyl (C=O) groups excluding carboxylic acids is 1. The van der Waals surface area contributed by atoms with E-state index >= 15 is 0 Å². The number of thiocarbonyl (C=S) groups is 1. The van der Waals surface area contributed by atoms with Crippen LogP contribution in [-0.2, 0) is 9.53 Å². The summed E-state index contributed by atoms with van der Waals surface area (Å²) in [5, 5.41) is 3.88. The quantitative estimate of drug-likeness (QED) is 0.652. The van der Waals surface area contributed by atoms with E-state index < -0.39 is 0 Å². The molecule has 134 valence electrons. The summed E-state index contributed by atoms with van der Waals surface area (Å²) in [4.78, 5) is 14.5. The van der Waals surface area contributed by atoms with Crippen LogP contribution >= 0.6 is 12.2 Å². The third kappa shape index (κ3) is 3.35. The lowest BCUT2D eigenvalue weighted by atomic mass is 9.94. The maximum Gasteiger partial charge on any atom is 0.337 e. The standard InChI is InChI=1S/C21H22N2O2S/c1-13-7-5-9-16(11-13)19-18(20(24)25-4)15(3)23(21(26)22-19)17-10-6-8-14(2)12-17/h5-12,19H,1-4H3,(H,22,26)/t19-/m0/s1. The molecule has 0 saturated heterocycles. The van der Waals surface area contributed by atoms with E-state index in [0.717, 1.165) is 28.1 Å². The van der Waals surface area contributed by atoms with E-state index in [0.29, 0.717) is 10.7 Å². The fourth-order valence-electron chi connectivity index (χ4n) is 3.30. The smallest absolute Gasteiger partial charge is 0.337 e. The predicted molar refractivity (Wildman–Crippen MR) is 108 cm³/mol. The molecule has 5 heteroatoms. The van der Waals surface area contributed by atoms with Gasteiger partial charge in [0.2, 0.25) is 0 Å². The number of hydrogen-bond acceptors (Lipinski definition) is 3. The Kier molecular flexibility index (Phi) is 5.09. The maximum absolute atomic E-state index is 12.6. The van der Waals surface area contributed by atoms with E-state index in [1.54, 1.807) is 0 Å². The lowest BCUT2D eigenvalue weighted by molar-refractivity contribution is -0.136. The van der Waals surface area contributed by atoms with Crippen LogP contribution in [0.3, 0.4) is 0 Å². The molecule has 0 unspecified atom stereocenters. The van der Waals surface area contributed by atoms with Gasteiger partial charge in [-0.05, 0) is 56.2 Å². The lowest BCUT2D eigenvalue weighted by Gasteiger charge is -2.37. The predicted octanol–water partition coefficient (Wildman–Crippen LogP) is 4.19. The van der Waals surface area contributed by atoms with Crippen LogP contribution in [0.15, 0.2) is 59.8 Å². The molecule has 1 N–H and O–H groups in total. The summed E-state index contributed by atoms with van der Waals surface area (Å²) >= 11 is 5.64. The van der Waals surface area contributed by atoms with E-state index in [9.17, 15) is 4.79 Å². The monoisotopic (exact) mass is 366 g/mol. The van der Waals surface area contributed by atoms with Crippen molar-refractivity contribution in [3.05, 3.63) is 76.5 Å². The third-order valence-electron chi connectivity index (χ3n) is 4.53. The highest BCUT2D eigenvalue weighted by Crippen LogP contribution is 2.34. The van der Waals surface area contributed by atoms with Gasteiger partial charge < -0.3 is 10.1 Å². The molecular weight excluding hydrogens is 344 g/mol. The highest BCUT2D eigenvalue weighted by Gasteiger charge is 2.35. The molecule has 2 aromatic rings. The highest BCUT2D eigenvalue weighted by molar-refractivity contribution is 7.80. The van der Waals surface area contributed by atoms with Gasteiger partial charge in [0.1, 0.15) is 0 Å². The Morgan fingerprint density at radius 3 is 2.35 bits per heavy atom. The first-order valence-corrected chi connectivity index (χ1v) is 8.86. The van der Waals surface area contributed by atoms with Crippen molar-refractivity contribution < 1.29 is 9.53 Å². The van der Waals surface area contributed by atoms with Crippen molar-refractivity contribution in [2.75, 3.05) is 12.0 Å². The van der Waals surface area contributed by atoms with Crippen LogP contribution in [0.5, 0.6) is 0 Å². The molecule has 1 heterocycles. The molecule has 0 bridgehead atoms. The second-order valence-electron chi connectivity index (χ2n) is 6.46. The topological polar surface area (TPSA) is 41.6 Å². The van der Waals surface area contributed by atoms with E-state index in [-0.39, 0.29) is 12.0 Å². The number of esters is 1. The fourth-order valence-corrected chi connectivity index (χ4v) is 3.66. The van der Waals surface area contributed by atoms with Gasteiger partial charge in [-0.3, -0.25) is 4.90 Å². The zero-order valence-corrected chi connectivity index (χ0v) is 16.2. The molecule has 0 aliphatic carbocycles. The van der Waals surface area contributed by atoms with Crippen LogP contribution in [0.4, 0.5) is 5.69 Å². The van der Waals surface area contributed by atoms with Gasteiger partial charge in [-0.1, -0.05) is 42.0 Å². The normalized spacial score (nSPS) is 17.2. The fraction of sp³-hybridized carbons (Fsp3) is 0.238.